The summed E-state index contributed by atoms with van der Waals surface area (Å²) in [7, 11) is 0. The van der Waals surface area contributed by atoms with Crippen molar-refractivity contribution in [2.75, 3.05) is 13.2 Å². The molecule has 0 aromatic carbocycles. The third kappa shape index (κ3) is 5.01. The van der Waals surface area contributed by atoms with E-state index in [1.54, 1.807) is 6.92 Å². The second-order valence-electron chi connectivity index (χ2n) is 15.9. The van der Waals surface area contributed by atoms with Crippen LogP contribution in [0.2, 0.25) is 0 Å². The number of carbonyl (C=O) groups excluding carboxylic acids is 1. The molecule has 4 aliphatic carbocycles. The Morgan fingerprint density at radius 3 is 1.89 bits per heavy atom. The van der Waals surface area contributed by atoms with Gasteiger partial charge in [0.05, 0.1) is 24.2 Å². The van der Waals surface area contributed by atoms with E-state index in [-0.39, 0.29) is 22.7 Å². The average Bonchev–Trinajstić information content (AvgIpc) is 3.16. The molecule has 0 aromatic heterocycles. The first-order valence-corrected chi connectivity index (χ1v) is 16.7. The van der Waals surface area contributed by atoms with Gasteiger partial charge in [0.1, 0.15) is 54.4 Å². The van der Waals surface area contributed by atoms with Gasteiger partial charge in [0, 0.05) is 0 Å². The maximum Gasteiger partial charge on any atom is 0.314 e. The lowest BCUT2D eigenvalue weighted by atomic mass is 9.41. The number of aliphatic hydroxyl groups is 9. The fourth-order valence-electron chi connectivity index (χ4n) is 11.0. The molecule has 6 aliphatic rings. The van der Waals surface area contributed by atoms with Crippen molar-refractivity contribution in [2.45, 2.75) is 151 Å². The van der Waals surface area contributed by atoms with E-state index in [0.717, 1.165) is 12.8 Å². The Morgan fingerprint density at radius 2 is 1.28 bits per heavy atom. The van der Waals surface area contributed by atoms with Crippen molar-refractivity contribution >= 4 is 5.97 Å². The van der Waals surface area contributed by atoms with Crippen LogP contribution in [0.25, 0.3) is 0 Å². The molecule has 1 spiro atoms. The first-order chi connectivity index (χ1) is 21.5. The van der Waals surface area contributed by atoms with E-state index in [1.165, 1.54) is 0 Å². The molecule has 0 radical (unpaired) electrons. The number of rotatable bonds is 6. The predicted molar refractivity (Wildman–Crippen MR) is 155 cm³/mol. The van der Waals surface area contributed by atoms with E-state index in [2.05, 4.69) is 6.92 Å². The minimum Gasteiger partial charge on any atom is -0.432 e. The fourth-order valence-corrected chi connectivity index (χ4v) is 11.0. The van der Waals surface area contributed by atoms with Gasteiger partial charge in [0.25, 0.3) is 0 Å². The zero-order chi connectivity index (χ0) is 33.6. The first-order valence-electron chi connectivity index (χ1n) is 16.7. The Hall–Kier alpha value is -1.01. The van der Waals surface area contributed by atoms with Crippen LogP contribution in [0.3, 0.4) is 0 Å². The summed E-state index contributed by atoms with van der Waals surface area (Å²) in [6, 6.07) is 0. The number of ether oxygens (including phenoxy) is 4. The predicted octanol–water partition coefficient (Wildman–Crippen LogP) is -1.57. The summed E-state index contributed by atoms with van der Waals surface area (Å²) in [5, 5.41) is 93.5. The molecule has 6 rings (SSSR count). The number of esters is 1. The summed E-state index contributed by atoms with van der Waals surface area (Å²) in [6.45, 7) is 4.59. The molecule has 0 aromatic rings. The van der Waals surface area contributed by atoms with Crippen LogP contribution in [-0.2, 0) is 23.7 Å². The van der Waals surface area contributed by atoms with Crippen molar-refractivity contribution in [3.63, 3.8) is 0 Å². The summed E-state index contributed by atoms with van der Waals surface area (Å²) in [5.74, 6) is -0.566. The Labute approximate surface area is 268 Å². The van der Waals surface area contributed by atoms with Gasteiger partial charge in [-0.3, -0.25) is 4.79 Å². The molecule has 4 saturated carbocycles. The second-order valence-corrected chi connectivity index (χ2v) is 15.9. The van der Waals surface area contributed by atoms with E-state index in [9.17, 15) is 50.8 Å². The zero-order valence-corrected chi connectivity index (χ0v) is 26.8. The van der Waals surface area contributed by atoms with Crippen LogP contribution in [0, 0.1) is 28.1 Å². The van der Waals surface area contributed by atoms with Gasteiger partial charge in [-0.15, -0.1) is 0 Å². The lowest BCUT2D eigenvalue weighted by Crippen LogP contribution is -2.64. The summed E-state index contributed by atoms with van der Waals surface area (Å²) >= 11 is 0. The summed E-state index contributed by atoms with van der Waals surface area (Å²) < 4.78 is 23.3. The third-order valence-electron chi connectivity index (χ3n) is 13.3. The van der Waals surface area contributed by atoms with Crippen molar-refractivity contribution < 1.29 is 69.7 Å². The highest BCUT2D eigenvalue weighted by Gasteiger charge is 2.73. The molecule has 264 valence electrons. The molecule has 2 saturated heterocycles. The van der Waals surface area contributed by atoms with Gasteiger partial charge < -0.3 is 64.9 Å². The molecule has 46 heavy (non-hydrogen) atoms. The topological polar surface area (TPSA) is 236 Å². The van der Waals surface area contributed by atoms with Crippen molar-refractivity contribution in [1.29, 1.82) is 0 Å². The Morgan fingerprint density at radius 1 is 0.717 bits per heavy atom. The number of hydrogen-bond donors (Lipinski definition) is 9. The molecule has 14 nitrogen and oxygen atoms in total. The highest BCUT2D eigenvalue weighted by molar-refractivity contribution is 5.77. The highest BCUT2D eigenvalue weighted by Crippen LogP contribution is 2.74. The lowest BCUT2D eigenvalue weighted by Gasteiger charge is -2.64. The normalized spacial score (nSPS) is 57.0. The molecule has 17 atom stereocenters. The fraction of sp³-hybridized carbons (Fsp3) is 0.969. The van der Waals surface area contributed by atoms with Crippen LogP contribution in [0.5, 0.6) is 0 Å². The number of carbonyl (C=O) groups is 1. The van der Waals surface area contributed by atoms with E-state index < -0.39 is 97.2 Å². The standard InChI is InChI=1S/C32H52O14/c1-28-7-4-8-29(2,27(41)45-25-23(39)21(37)19(35)15(11-33)43-25)17(28)5-9-31-13-30(3,42)32(14-31,10-6-18(28)31)46-26-24(40)22(38)20(36)16(12-34)44-26/h15-26,33-40,42H,4-14H2,1-3H3/t15-,16-,17+,18+,19-,20-,21+,22+,23-,24-,25+,26+,28-,29+,30-,31-,32+/m1/s1. The van der Waals surface area contributed by atoms with Gasteiger partial charge in [0.15, 0.2) is 6.29 Å². The molecule has 6 fully saturated rings. The number of hydrogen-bond acceptors (Lipinski definition) is 14. The maximum atomic E-state index is 14.0. The van der Waals surface area contributed by atoms with Gasteiger partial charge in [-0.2, -0.15) is 0 Å². The Bertz CT molecular complexity index is 1150. The monoisotopic (exact) mass is 660 g/mol. The van der Waals surface area contributed by atoms with Gasteiger partial charge in [-0.25, -0.2) is 0 Å². The van der Waals surface area contributed by atoms with Crippen LogP contribution < -0.4 is 0 Å². The van der Waals surface area contributed by atoms with Gasteiger partial charge >= 0.3 is 5.97 Å². The Balaban J connectivity index is 1.23. The van der Waals surface area contributed by atoms with E-state index in [1.807, 2.05) is 6.92 Å². The number of fused-ring (bicyclic) bond motifs is 3. The minimum absolute atomic E-state index is 0.105. The second kappa shape index (κ2) is 11.8. The molecular weight excluding hydrogens is 608 g/mol. The van der Waals surface area contributed by atoms with Gasteiger partial charge in [0.2, 0.25) is 6.29 Å². The summed E-state index contributed by atoms with van der Waals surface area (Å²) in [4.78, 5) is 14.0. The van der Waals surface area contributed by atoms with Crippen molar-refractivity contribution in [3.8, 4) is 0 Å². The molecule has 0 unspecified atom stereocenters. The molecule has 0 amide bonds. The minimum atomic E-state index is -1.69. The molecule has 14 heteroatoms. The van der Waals surface area contributed by atoms with E-state index >= 15 is 0 Å². The van der Waals surface area contributed by atoms with Gasteiger partial charge in [-0.05, 0) is 87.9 Å². The highest BCUT2D eigenvalue weighted by atomic mass is 16.7. The first kappa shape index (κ1) is 34.8. The molecule has 9 N–H and O–H groups in total. The largest absolute Gasteiger partial charge is 0.432 e. The van der Waals surface area contributed by atoms with Crippen LogP contribution in [0.15, 0.2) is 0 Å². The maximum absolute atomic E-state index is 14.0. The van der Waals surface area contributed by atoms with Crippen molar-refractivity contribution in [3.05, 3.63) is 0 Å². The van der Waals surface area contributed by atoms with Crippen LogP contribution >= 0.6 is 0 Å². The van der Waals surface area contributed by atoms with Crippen LogP contribution in [0.4, 0.5) is 0 Å². The molecule has 2 bridgehead atoms. The molecule has 2 aliphatic heterocycles. The van der Waals surface area contributed by atoms with Crippen LogP contribution in [-0.4, -0.2) is 138 Å². The molecular formula is C32H52O14. The average molecular weight is 661 g/mol. The van der Waals surface area contributed by atoms with Crippen LogP contribution in [0.1, 0.15) is 78.6 Å². The zero-order valence-electron chi connectivity index (χ0n) is 26.8. The molecule has 2 heterocycles. The quantitative estimate of drug-likeness (QED) is 0.116. The van der Waals surface area contributed by atoms with E-state index in [4.69, 9.17) is 18.9 Å². The van der Waals surface area contributed by atoms with Crippen molar-refractivity contribution in [1.82, 2.24) is 0 Å². The third-order valence-corrected chi connectivity index (χ3v) is 13.3. The number of aliphatic hydroxyl groups excluding tert-OH is 8. The summed E-state index contributed by atoms with van der Waals surface area (Å²) in [5.41, 5.74) is -4.05. The lowest BCUT2D eigenvalue weighted by molar-refractivity contribution is -0.346. The summed E-state index contributed by atoms with van der Waals surface area (Å²) in [6.07, 6.45) is -9.39. The Kier molecular flexibility index (Phi) is 8.94. The smallest absolute Gasteiger partial charge is 0.314 e. The van der Waals surface area contributed by atoms with E-state index in [0.29, 0.717) is 44.9 Å². The SMILES string of the molecule is C[C@@]12CCC[C@](C)(C(=O)O[C@@H]3O[C@H](CO)[C@@H](O)[C@H](O)[C@H]3O)[C@H]1CC[C@@]13C[C@@](O[C@@H]4O[C@H](CO)[C@@H](O)[C@H](O)[C@H]4O)(CC[C@H]12)[C@](C)(O)C3. The van der Waals surface area contributed by atoms with Gasteiger partial charge in [-0.1, -0.05) is 13.3 Å². The van der Waals surface area contributed by atoms with Crippen molar-refractivity contribution in [2.24, 2.45) is 28.1 Å².